The second-order valence-corrected chi connectivity index (χ2v) is 4.28. The quantitative estimate of drug-likeness (QED) is 0.446. The zero-order valence-electron chi connectivity index (χ0n) is 10.4. The van der Waals surface area contributed by atoms with Gasteiger partial charge in [0.2, 0.25) is 5.91 Å². The molecule has 0 spiro atoms. The van der Waals surface area contributed by atoms with Gasteiger partial charge >= 0.3 is 12.0 Å². The van der Waals surface area contributed by atoms with Crippen molar-refractivity contribution in [3.63, 3.8) is 0 Å². The van der Waals surface area contributed by atoms with Crippen LogP contribution >= 0.6 is 0 Å². The van der Waals surface area contributed by atoms with E-state index in [-0.39, 0.29) is 12.5 Å². The van der Waals surface area contributed by atoms with Gasteiger partial charge in [-0.2, -0.15) is 0 Å². The van der Waals surface area contributed by atoms with E-state index in [0.29, 0.717) is 6.54 Å². The smallest absolute Gasteiger partial charge is 0.334 e. The molecule has 0 saturated carbocycles. The van der Waals surface area contributed by atoms with E-state index in [4.69, 9.17) is 15.9 Å². The molecule has 3 amide bonds. The predicted octanol–water partition coefficient (Wildman–Crippen LogP) is -1.42. The second kappa shape index (κ2) is 7.49. The average Bonchev–Trinajstić information content (AvgIpc) is 2.22. The number of hydrogen-bond acceptors (Lipinski definition) is 4. The largest absolute Gasteiger partial charge is 0.479 e. The van der Waals surface area contributed by atoms with Crippen molar-refractivity contribution in [3.05, 3.63) is 0 Å². The highest BCUT2D eigenvalue weighted by atomic mass is 16.4. The number of urea groups is 1. The molecule has 0 aliphatic carbocycles. The van der Waals surface area contributed by atoms with Crippen LogP contribution < -0.4 is 11.1 Å². The Kier molecular flexibility index (Phi) is 6.73. The lowest BCUT2D eigenvalue weighted by Crippen LogP contribution is -2.48. The van der Waals surface area contributed by atoms with Crippen molar-refractivity contribution in [2.75, 3.05) is 19.6 Å². The van der Waals surface area contributed by atoms with Crippen LogP contribution in [0.1, 0.15) is 13.8 Å². The fourth-order valence-electron chi connectivity index (χ4n) is 1.23. The number of carboxylic acids is 1. The lowest BCUT2D eigenvalue weighted by Gasteiger charge is -2.23. The summed E-state index contributed by atoms with van der Waals surface area (Å²) < 4.78 is 0. The van der Waals surface area contributed by atoms with E-state index < -0.39 is 30.6 Å². The van der Waals surface area contributed by atoms with Gasteiger partial charge in [0.1, 0.15) is 6.54 Å². The van der Waals surface area contributed by atoms with Gasteiger partial charge in [0.25, 0.3) is 0 Å². The Morgan fingerprint density at radius 2 is 1.89 bits per heavy atom. The Balaban J connectivity index is 4.37. The molecule has 0 radical (unpaired) electrons. The number of nitrogens with one attached hydrogen (secondary N) is 1. The topological polar surface area (TPSA) is 133 Å². The van der Waals surface area contributed by atoms with Crippen molar-refractivity contribution in [1.82, 2.24) is 10.2 Å². The van der Waals surface area contributed by atoms with Crippen LogP contribution in [0.15, 0.2) is 0 Å². The molecule has 0 aliphatic rings. The SMILES string of the molecule is CC(C)CN(CC(N)=O)C(=O)NC[C@H](O)C(=O)O. The molecule has 0 aromatic heterocycles. The van der Waals surface area contributed by atoms with Crippen LogP contribution in [-0.2, 0) is 9.59 Å². The van der Waals surface area contributed by atoms with Crippen molar-refractivity contribution in [1.29, 1.82) is 0 Å². The number of aliphatic hydroxyl groups is 1. The number of primary amides is 1. The van der Waals surface area contributed by atoms with Gasteiger partial charge in [0.15, 0.2) is 6.10 Å². The molecular formula is C10H19N3O5. The van der Waals surface area contributed by atoms with Gasteiger partial charge < -0.3 is 26.2 Å². The maximum absolute atomic E-state index is 11.6. The predicted molar refractivity (Wildman–Crippen MR) is 62.6 cm³/mol. The number of carboxylic acid groups (broad SMARTS) is 1. The molecule has 0 aromatic rings. The number of aliphatic hydroxyl groups excluding tert-OH is 1. The highest BCUT2D eigenvalue weighted by molar-refractivity contribution is 5.83. The number of nitrogens with zero attached hydrogens (tertiary/aromatic N) is 1. The van der Waals surface area contributed by atoms with Crippen molar-refractivity contribution < 1.29 is 24.6 Å². The summed E-state index contributed by atoms with van der Waals surface area (Å²) in [4.78, 5) is 34.0. The normalized spacial score (nSPS) is 12.0. The van der Waals surface area contributed by atoms with Gasteiger partial charge in [-0.3, -0.25) is 4.79 Å². The van der Waals surface area contributed by atoms with Crippen LogP contribution in [0, 0.1) is 5.92 Å². The standard InChI is InChI=1S/C10H19N3O5/c1-6(2)4-13(5-8(11)15)10(18)12-3-7(14)9(16)17/h6-7,14H,3-5H2,1-2H3,(H2,11,15)(H,12,18)(H,16,17)/t7-/m0/s1. The molecular weight excluding hydrogens is 242 g/mol. The van der Waals surface area contributed by atoms with Crippen LogP contribution in [-0.4, -0.2) is 58.8 Å². The molecule has 18 heavy (non-hydrogen) atoms. The molecule has 0 rings (SSSR count). The van der Waals surface area contributed by atoms with Crippen LogP contribution in [0.4, 0.5) is 4.79 Å². The van der Waals surface area contributed by atoms with Crippen LogP contribution in [0.5, 0.6) is 0 Å². The summed E-state index contributed by atoms with van der Waals surface area (Å²) >= 11 is 0. The summed E-state index contributed by atoms with van der Waals surface area (Å²) in [6, 6.07) is -0.636. The van der Waals surface area contributed by atoms with E-state index in [9.17, 15) is 14.4 Å². The maximum Gasteiger partial charge on any atom is 0.334 e. The highest BCUT2D eigenvalue weighted by Gasteiger charge is 2.19. The Labute approximate surface area is 105 Å². The lowest BCUT2D eigenvalue weighted by atomic mass is 10.2. The molecule has 8 heteroatoms. The van der Waals surface area contributed by atoms with E-state index in [2.05, 4.69) is 5.32 Å². The Morgan fingerprint density at radius 3 is 2.28 bits per heavy atom. The third kappa shape index (κ3) is 6.69. The number of aliphatic carboxylic acids is 1. The first-order chi connectivity index (χ1) is 8.23. The molecule has 0 aromatic carbocycles. The summed E-state index contributed by atoms with van der Waals surface area (Å²) in [6.45, 7) is 3.33. The Hall–Kier alpha value is -1.83. The molecule has 1 atom stereocenters. The maximum atomic E-state index is 11.6. The summed E-state index contributed by atoms with van der Waals surface area (Å²) in [5, 5.41) is 19.7. The van der Waals surface area contributed by atoms with Crippen molar-refractivity contribution >= 4 is 17.9 Å². The van der Waals surface area contributed by atoms with Crippen molar-refractivity contribution in [2.45, 2.75) is 20.0 Å². The summed E-state index contributed by atoms with van der Waals surface area (Å²) in [7, 11) is 0. The summed E-state index contributed by atoms with van der Waals surface area (Å²) in [6.07, 6.45) is -1.68. The fourth-order valence-corrected chi connectivity index (χ4v) is 1.23. The van der Waals surface area contributed by atoms with Gasteiger partial charge in [-0.05, 0) is 5.92 Å². The fraction of sp³-hybridized carbons (Fsp3) is 0.700. The van der Waals surface area contributed by atoms with Gasteiger partial charge in [-0.25, -0.2) is 9.59 Å². The molecule has 0 unspecified atom stereocenters. The zero-order valence-corrected chi connectivity index (χ0v) is 10.4. The molecule has 104 valence electrons. The molecule has 0 saturated heterocycles. The summed E-state index contributed by atoms with van der Waals surface area (Å²) in [5.74, 6) is -1.97. The first-order valence-electron chi connectivity index (χ1n) is 5.46. The van der Waals surface area contributed by atoms with Gasteiger partial charge in [-0.1, -0.05) is 13.8 Å². The Morgan fingerprint density at radius 1 is 1.33 bits per heavy atom. The number of nitrogens with two attached hydrogens (primary N) is 1. The van der Waals surface area contributed by atoms with Gasteiger partial charge in [0, 0.05) is 6.54 Å². The van der Waals surface area contributed by atoms with E-state index in [0.717, 1.165) is 0 Å². The number of carbonyl (C=O) groups excluding carboxylic acids is 2. The summed E-state index contributed by atoms with van der Waals surface area (Å²) in [5.41, 5.74) is 5.01. The van der Waals surface area contributed by atoms with E-state index >= 15 is 0 Å². The third-order valence-corrected chi connectivity index (χ3v) is 1.95. The van der Waals surface area contributed by atoms with Crippen LogP contribution in [0.3, 0.4) is 0 Å². The second-order valence-electron chi connectivity index (χ2n) is 4.28. The van der Waals surface area contributed by atoms with Gasteiger partial charge in [-0.15, -0.1) is 0 Å². The third-order valence-electron chi connectivity index (χ3n) is 1.95. The first kappa shape index (κ1) is 16.2. The van der Waals surface area contributed by atoms with Crippen molar-refractivity contribution in [3.8, 4) is 0 Å². The van der Waals surface area contributed by atoms with E-state index in [1.807, 2.05) is 13.8 Å². The number of carbonyl (C=O) groups is 3. The lowest BCUT2D eigenvalue weighted by molar-refractivity contribution is -0.146. The van der Waals surface area contributed by atoms with Gasteiger partial charge in [0.05, 0.1) is 6.54 Å². The number of rotatable bonds is 7. The first-order valence-corrected chi connectivity index (χ1v) is 5.46. The Bertz CT molecular complexity index is 319. The van der Waals surface area contributed by atoms with Crippen LogP contribution in [0.2, 0.25) is 0 Å². The molecule has 5 N–H and O–H groups in total. The number of hydrogen-bond donors (Lipinski definition) is 4. The molecule has 0 bridgehead atoms. The molecule has 0 fully saturated rings. The highest BCUT2D eigenvalue weighted by Crippen LogP contribution is 1.99. The minimum absolute atomic E-state index is 0.125. The van der Waals surface area contributed by atoms with Crippen LogP contribution in [0.25, 0.3) is 0 Å². The van der Waals surface area contributed by atoms with E-state index in [1.165, 1.54) is 4.90 Å². The van der Waals surface area contributed by atoms with E-state index in [1.54, 1.807) is 0 Å². The molecule has 0 aliphatic heterocycles. The monoisotopic (exact) mass is 261 g/mol. The minimum atomic E-state index is -1.68. The van der Waals surface area contributed by atoms with Crippen molar-refractivity contribution in [2.24, 2.45) is 11.7 Å². The number of amides is 3. The zero-order chi connectivity index (χ0) is 14.3. The molecule has 0 heterocycles. The molecule has 8 nitrogen and oxygen atoms in total. The average molecular weight is 261 g/mol. The minimum Gasteiger partial charge on any atom is -0.479 e.